The zero-order valence-corrected chi connectivity index (χ0v) is 18.3. The molecule has 1 amide bonds. The molecule has 0 atom stereocenters. The maximum Gasteiger partial charge on any atom is 0.313 e. The summed E-state index contributed by atoms with van der Waals surface area (Å²) in [5, 5.41) is 20.3. The fourth-order valence-corrected chi connectivity index (χ4v) is 3.17. The Morgan fingerprint density at radius 1 is 1.18 bits per heavy atom. The first-order valence-electron chi connectivity index (χ1n) is 10.1. The van der Waals surface area contributed by atoms with E-state index in [0.717, 1.165) is 11.1 Å². The van der Waals surface area contributed by atoms with E-state index in [-0.39, 0.29) is 41.5 Å². The van der Waals surface area contributed by atoms with Gasteiger partial charge in [-0.05, 0) is 51.1 Å². The molecule has 0 aliphatic carbocycles. The maximum atomic E-state index is 13.5. The fourth-order valence-electron chi connectivity index (χ4n) is 3.17. The van der Waals surface area contributed by atoms with Gasteiger partial charge in [-0.2, -0.15) is 5.26 Å². The predicted octanol–water partition coefficient (Wildman–Crippen LogP) is 4.38. The molecule has 0 aliphatic heterocycles. The normalized spacial score (nSPS) is 11.0. The number of carbonyl (C=O) groups excluding carboxylic acids is 2. The second-order valence-electron chi connectivity index (χ2n) is 7.85. The van der Waals surface area contributed by atoms with Crippen molar-refractivity contribution in [2.75, 3.05) is 13.2 Å². The molecule has 0 saturated heterocycles. The van der Waals surface area contributed by atoms with Gasteiger partial charge in [0.2, 0.25) is 0 Å². The number of amides is 1. The number of benzene rings is 2. The molecule has 33 heavy (non-hydrogen) atoms. The first-order valence-corrected chi connectivity index (χ1v) is 10.1. The standard InChI is InChI=1S/C24H22FN3O5/c1-4-32-23(31)24(2,3)13-28(14-26)22(30)21-19-11-17(8-9-18(19)20(29)12-27-21)33-16-7-5-6-15(25)10-16/h5-12,29H,4,13H2,1-3H3. The molecule has 3 rings (SSSR count). The number of fused-ring (bicyclic) bond motifs is 1. The van der Waals surface area contributed by atoms with Crippen molar-refractivity contribution in [1.29, 1.82) is 5.26 Å². The van der Waals surface area contributed by atoms with Crippen LogP contribution in [0.15, 0.2) is 48.7 Å². The minimum absolute atomic E-state index is 0.117. The topological polar surface area (TPSA) is 113 Å². The van der Waals surface area contributed by atoms with Gasteiger partial charge >= 0.3 is 5.97 Å². The van der Waals surface area contributed by atoms with Gasteiger partial charge in [0.15, 0.2) is 6.19 Å². The number of rotatable bonds is 7. The molecule has 0 saturated carbocycles. The van der Waals surface area contributed by atoms with Crippen LogP contribution in [0.4, 0.5) is 4.39 Å². The lowest BCUT2D eigenvalue weighted by molar-refractivity contribution is -0.153. The zero-order valence-electron chi connectivity index (χ0n) is 18.3. The van der Waals surface area contributed by atoms with Crippen molar-refractivity contribution in [2.45, 2.75) is 20.8 Å². The molecule has 0 fully saturated rings. The summed E-state index contributed by atoms with van der Waals surface area (Å²) < 4.78 is 24.2. The molecule has 1 N–H and O–H groups in total. The number of pyridine rings is 1. The Bertz CT molecular complexity index is 1250. The van der Waals surface area contributed by atoms with E-state index in [9.17, 15) is 24.3 Å². The highest BCUT2D eigenvalue weighted by Gasteiger charge is 2.34. The Kier molecular flexibility index (Phi) is 6.78. The highest BCUT2D eigenvalue weighted by molar-refractivity contribution is 6.07. The van der Waals surface area contributed by atoms with Gasteiger partial charge in [0, 0.05) is 16.8 Å². The summed E-state index contributed by atoms with van der Waals surface area (Å²) in [7, 11) is 0. The molecule has 0 spiro atoms. The fraction of sp³-hybridized carbons (Fsp3) is 0.250. The maximum absolute atomic E-state index is 13.5. The lowest BCUT2D eigenvalue weighted by Gasteiger charge is -2.26. The van der Waals surface area contributed by atoms with E-state index < -0.39 is 23.1 Å². The quantitative estimate of drug-likeness (QED) is 0.322. The lowest BCUT2D eigenvalue weighted by Crippen LogP contribution is -2.41. The summed E-state index contributed by atoms with van der Waals surface area (Å²) in [4.78, 5) is 30.2. The molecule has 0 unspecified atom stereocenters. The van der Waals surface area contributed by atoms with E-state index in [1.807, 2.05) is 0 Å². The van der Waals surface area contributed by atoms with Crippen LogP contribution in [0, 0.1) is 22.7 Å². The molecule has 1 aromatic heterocycles. The van der Waals surface area contributed by atoms with Crippen molar-refractivity contribution in [2.24, 2.45) is 5.41 Å². The van der Waals surface area contributed by atoms with E-state index in [1.165, 1.54) is 30.3 Å². The van der Waals surface area contributed by atoms with E-state index in [1.54, 1.807) is 39.1 Å². The third-order valence-corrected chi connectivity index (χ3v) is 4.82. The summed E-state index contributed by atoms with van der Waals surface area (Å²) in [5.41, 5.74) is -1.26. The van der Waals surface area contributed by atoms with Gasteiger partial charge in [-0.3, -0.25) is 9.59 Å². The van der Waals surface area contributed by atoms with Crippen LogP contribution >= 0.6 is 0 Å². The number of nitrogens with zero attached hydrogens (tertiary/aromatic N) is 3. The minimum Gasteiger partial charge on any atom is -0.506 e. The number of esters is 1. The number of aromatic nitrogens is 1. The van der Waals surface area contributed by atoms with Crippen LogP contribution in [0.3, 0.4) is 0 Å². The summed E-state index contributed by atoms with van der Waals surface area (Å²) in [6.07, 6.45) is 2.90. The number of ether oxygens (including phenoxy) is 2. The van der Waals surface area contributed by atoms with E-state index in [0.29, 0.717) is 5.39 Å². The van der Waals surface area contributed by atoms with Gasteiger partial charge < -0.3 is 14.6 Å². The molecule has 0 radical (unpaired) electrons. The highest BCUT2D eigenvalue weighted by atomic mass is 19.1. The van der Waals surface area contributed by atoms with Crippen LogP contribution < -0.4 is 4.74 Å². The van der Waals surface area contributed by atoms with Crippen molar-refractivity contribution < 1.29 is 28.6 Å². The number of halogens is 1. The van der Waals surface area contributed by atoms with Crippen molar-refractivity contribution >= 4 is 22.6 Å². The highest BCUT2D eigenvalue weighted by Crippen LogP contribution is 2.32. The van der Waals surface area contributed by atoms with Crippen molar-refractivity contribution in [3.05, 3.63) is 60.2 Å². The summed E-state index contributed by atoms with van der Waals surface area (Å²) in [6, 6.07) is 10.1. The average Bonchev–Trinajstić information content (AvgIpc) is 2.77. The summed E-state index contributed by atoms with van der Waals surface area (Å²) in [6.45, 7) is 4.73. The molecule has 0 aliphatic rings. The molecule has 1 heterocycles. The molecule has 2 aromatic carbocycles. The van der Waals surface area contributed by atoms with E-state index in [4.69, 9.17) is 9.47 Å². The van der Waals surface area contributed by atoms with Crippen LogP contribution in [0.5, 0.6) is 17.2 Å². The number of aromatic hydroxyl groups is 1. The predicted molar refractivity (Wildman–Crippen MR) is 117 cm³/mol. The zero-order chi connectivity index (χ0) is 24.2. The number of hydrogen-bond acceptors (Lipinski definition) is 7. The van der Waals surface area contributed by atoms with Gasteiger partial charge in [0.05, 0.1) is 24.8 Å². The van der Waals surface area contributed by atoms with E-state index >= 15 is 0 Å². The molecule has 8 nitrogen and oxygen atoms in total. The van der Waals surface area contributed by atoms with Gasteiger partial charge in [0.25, 0.3) is 5.91 Å². The first kappa shape index (κ1) is 23.5. The Balaban J connectivity index is 1.98. The molecule has 9 heteroatoms. The smallest absolute Gasteiger partial charge is 0.313 e. The third-order valence-electron chi connectivity index (χ3n) is 4.82. The molecular weight excluding hydrogens is 429 g/mol. The van der Waals surface area contributed by atoms with Crippen LogP contribution in [0.25, 0.3) is 10.8 Å². The van der Waals surface area contributed by atoms with Crippen LogP contribution in [0.1, 0.15) is 31.3 Å². The van der Waals surface area contributed by atoms with Crippen molar-refractivity contribution in [1.82, 2.24) is 9.88 Å². The van der Waals surface area contributed by atoms with Gasteiger partial charge in [-0.1, -0.05) is 6.07 Å². The molecular formula is C24H22FN3O5. The second kappa shape index (κ2) is 9.53. The van der Waals surface area contributed by atoms with Gasteiger partial charge in [-0.15, -0.1) is 0 Å². The molecule has 170 valence electrons. The summed E-state index contributed by atoms with van der Waals surface area (Å²) >= 11 is 0. The van der Waals surface area contributed by atoms with Crippen LogP contribution in [-0.4, -0.2) is 40.0 Å². The SMILES string of the molecule is CCOC(=O)C(C)(C)CN(C#N)C(=O)c1ncc(O)c2ccc(Oc3cccc(F)c3)cc12. The first-order chi connectivity index (χ1) is 15.7. The largest absolute Gasteiger partial charge is 0.506 e. The molecule has 3 aromatic rings. The monoisotopic (exact) mass is 451 g/mol. The number of hydrogen-bond donors (Lipinski definition) is 1. The van der Waals surface area contributed by atoms with Crippen LogP contribution in [-0.2, 0) is 9.53 Å². The van der Waals surface area contributed by atoms with Gasteiger partial charge in [0.1, 0.15) is 28.8 Å². The lowest BCUT2D eigenvalue weighted by atomic mass is 9.93. The molecule has 0 bridgehead atoms. The summed E-state index contributed by atoms with van der Waals surface area (Å²) in [5.74, 6) is -1.45. The van der Waals surface area contributed by atoms with Crippen molar-refractivity contribution in [3.63, 3.8) is 0 Å². The van der Waals surface area contributed by atoms with Crippen molar-refractivity contribution in [3.8, 4) is 23.4 Å². The van der Waals surface area contributed by atoms with E-state index in [2.05, 4.69) is 4.98 Å². The van der Waals surface area contributed by atoms with Gasteiger partial charge in [-0.25, -0.2) is 14.3 Å². The second-order valence-corrected chi connectivity index (χ2v) is 7.85. The average molecular weight is 451 g/mol. The number of carbonyl (C=O) groups is 2. The Morgan fingerprint density at radius 3 is 2.58 bits per heavy atom. The van der Waals surface area contributed by atoms with Crippen LogP contribution in [0.2, 0.25) is 0 Å². The number of nitriles is 1. The minimum atomic E-state index is -1.14. The Morgan fingerprint density at radius 2 is 1.91 bits per heavy atom. The third kappa shape index (κ3) is 5.18. The Hall–Kier alpha value is -4.19. The Labute approximate surface area is 189 Å².